The summed E-state index contributed by atoms with van der Waals surface area (Å²) in [5.41, 5.74) is -0.309. The van der Waals surface area contributed by atoms with E-state index in [0.29, 0.717) is 18.4 Å². The quantitative estimate of drug-likeness (QED) is 0.558. The van der Waals surface area contributed by atoms with Crippen LogP contribution in [0, 0.1) is 17.1 Å². The highest BCUT2D eigenvalue weighted by molar-refractivity contribution is 6.30. The Kier molecular flexibility index (Phi) is 6.98. The van der Waals surface area contributed by atoms with Crippen LogP contribution in [-0.2, 0) is 14.3 Å². The van der Waals surface area contributed by atoms with Crippen molar-refractivity contribution in [2.45, 2.75) is 50.7 Å². The van der Waals surface area contributed by atoms with E-state index in [1.807, 2.05) is 0 Å². The number of amides is 1. The SMILES string of the molecule is C[C@@H](OC(=O)/C=C/c1ccc(F)c(Cl)c1)C(=O)N(C)C1(C#N)CCCCC1. The van der Waals surface area contributed by atoms with Gasteiger partial charge in [-0.25, -0.2) is 9.18 Å². The van der Waals surface area contributed by atoms with Crippen LogP contribution in [0.25, 0.3) is 6.08 Å². The maximum atomic E-state index is 13.1. The maximum absolute atomic E-state index is 13.1. The molecule has 5 nitrogen and oxygen atoms in total. The molecular formula is C20H22ClFN2O3. The summed E-state index contributed by atoms with van der Waals surface area (Å²) in [4.78, 5) is 26.0. The first-order chi connectivity index (χ1) is 12.8. The van der Waals surface area contributed by atoms with Crippen LogP contribution < -0.4 is 0 Å². The van der Waals surface area contributed by atoms with Gasteiger partial charge in [-0.2, -0.15) is 5.26 Å². The number of benzene rings is 1. The Bertz CT molecular complexity index is 782. The third-order valence-electron chi connectivity index (χ3n) is 4.86. The highest BCUT2D eigenvalue weighted by atomic mass is 35.5. The molecule has 1 aromatic rings. The molecule has 0 spiro atoms. The number of carbonyl (C=O) groups is 2. The average molecular weight is 393 g/mol. The molecule has 7 heteroatoms. The zero-order valence-electron chi connectivity index (χ0n) is 15.4. The van der Waals surface area contributed by atoms with Crippen molar-refractivity contribution in [2.24, 2.45) is 0 Å². The summed E-state index contributed by atoms with van der Waals surface area (Å²) in [5, 5.41) is 9.53. The van der Waals surface area contributed by atoms with Gasteiger partial charge in [-0.05, 0) is 43.5 Å². The van der Waals surface area contributed by atoms with Crippen molar-refractivity contribution < 1.29 is 18.7 Å². The van der Waals surface area contributed by atoms with E-state index in [4.69, 9.17) is 16.3 Å². The van der Waals surface area contributed by atoms with Crippen molar-refractivity contribution in [3.63, 3.8) is 0 Å². The van der Waals surface area contributed by atoms with Gasteiger partial charge in [0.25, 0.3) is 5.91 Å². The molecule has 0 saturated heterocycles. The predicted octanol–water partition coefficient (Wildman–Crippen LogP) is 4.11. The molecule has 1 atom stereocenters. The number of rotatable bonds is 5. The fourth-order valence-corrected chi connectivity index (χ4v) is 3.38. The summed E-state index contributed by atoms with van der Waals surface area (Å²) in [6, 6.07) is 6.31. The van der Waals surface area contributed by atoms with Gasteiger partial charge in [-0.1, -0.05) is 36.9 Å². The van der Waals surface area contributed by atoms with E-state index >= 15 is 0 Å². The molecule has 1 aliphatic carbocycles. The second-order valence-corrected chi connectivity index (χ2v) is 7.09. The summed E-state index contributed by atoms with van der Waals surface area (Å²) in [6.07, 6.45) is 5.63. The van der Waals surface area contributed by atoms with E-state index in [-0.39, 0.29) is 5.02 Å². The van der Waals surface area contributed by atoms with Crippen LogP contribution in [0.1, 0.15) is 44.6 Å². The van der Waals surface area contributed by atoms with Crippen LogP contribution in [0.4, 0.5) is 4.39 Å². The fourth-order valence-electron chi connectivity index (χ4n) is 3.19. The van der Waals surface area contributed by atoms with E-state index in [2.05, 4.69) is 6.07 Å². The zero-order valence-corrected chi connectivity index (χ0v) is 16.1. The number of esters is 1. The Balaban J connectivity index is 1.98. The molecule has 27 heavy (non-hydrogen) atoms. The highest BCUT2D eigenvalue weighted by Crippen LogP contribution is 2.32. The Labute approximate surface area is 163 Å². The summed E-state index contributed by atoms with van der Waals surface area (Å²) in [7, 11) is 1.58. The molecule has 1 saturated carbocycles. The van der Waals surface area contributed by atoms with Gasteiger partial charge in [0.1, 0.15) is 11.4 Å². The van der Waals surface area contributed by atoms with Crippen LogP contribution >= 0.6 is 11.6 Å². The molecule has 1 aliphatic rings. The number of hydrogen-bond donors (Lipinski definition) is 0. The molecule has 2 rings (SSSR count). The molecule has 0 aromatic heterocycles. The summed E-state index contributed by atoms with van der Waals surface area (Å²) in [5.74, 6) is -1.67. The van der Waals surface area contributed by atoms with Crippen molar-refractivity contribution in [3.05, 3.63) is 40.7 Å². The van der Waals surface area contributed by atoms with Crippen LogP contribution in [0.3, 0.4) is 0 Å². The highest BCUT2D eigenvalue weighted by Gasteiger charge is 2.40. The second-order valence-electron chi connectivity index (χ2n) is 6.69. The molecular weight excluding hydrogens is 371 g/mol. The minimum atomic E-state index is -1.02. The molecule has 1 fully saturated rings. The molecule has 1 aromatic carbocycles. The van der Waals surface area contributed by atoms with Crippen LogP contribution in [0.2, 0.25) is 5.02 Å². The lowest BCUT2D eigenvalue weighted by Crippen LogP contribution is -2.53. The van der Waals surface area contributed by atoms with Crippen molar-refractivity contribution in [2.75, 3.05) is 7.05 Å². The van der Waals surface area contributed by atoms with Gasteiger partial charge in [0, 0.05) is 13.1 Å². The van der Waals surface area contributed by atoms with Crippen LogP contribution in [-0.4, -0.2) is 35.5 Å². The molecule has 0 N–H and O–H groups in total. The fraction of sp³-hybridized carbons (Fsp3) is 0.450. The van der Waals surface area contributed by atoms with E-state index in [9.17, 15) is 19.2 Å². The topological polar surface area (TPSA) is 70.4 Å². The number of nitrogens with zero attached hydrogens (tertiary/aromatic N) is 2. The minimum absolute atomic E-state index is 0.0510. The molecule has 0 heterocycles. The van der Waals surface area contributed by atoms with Crippen molar-refractivity contribution in [1.29, 1.82) is 5.26 Å². The number of hydrogen-bond acceptors (Lipinski definition) is 4. The second kappa shape index (κ2) is 9.01. The van der Waals surface area contributed by atoms with Gasteiger partial charge in [0.15, 0.2) is 6.10 Å². The van der Waals surface area contributed by atoms with Gasteiger partial charge in [-0.3, -0.25) is 4.79 Å². The van der Waals surface area contributed by atoms with Crippen molar-refractivity contribution in [3.8, 4) is 6.07 Å². The van der Waals surface area contributed by atoms with E-state index in [0.717, 1.165) is 25.3 Å². The third kappa shape index (κ3) is 5.08. The molecule has 0 aliphatic heterocycles. The Morgan fingerprint density at radius 1 is 1.37 bits per heavy atom. The van der Waals surface area contributed by atoms with E-state index in [1.54, 1.807) is 7.05 Å². The molecule has 0 radical (unpaired) electrons. The first-order valence-corrected chi connectivity index (χ1v) is 9.19. The molecule has 0 bridgehead atoms. The maximum Gasteiger partial charge on any atom is 0.331 e. The minimum Gasteiger partial charge on any atom is -0.449 e. The number of nitriles is 1. The van der Waals surface area contributed by atoms with Gasteiger partial charge >= 0.3 is 5.97 Å². The third-order valence-corrected chi connectivity index (χ3v) is 5.15. The number of halogens is 2. The lowest BCUT2D eigenvalue weighted by atomic mass is 9.81. The predicted molar refractivity (Wildman–Crippen MR) is 100 cm³/mol. The standard InChI is InChI=1S/C20H22ClFN2O3/c1-14(19(26)24(2)20(13-23)10-4-3-5-11-20)27-18(25)9-7-15-6-8-17(22)16(21)12-15/h6-9,12,14H,3-5,10-11H2,1-2H3/b9-7+/t14-/m1/s1. The molecule has 0 unspecified atom stereocenters. The number of carbonyl (C=O) groups excluding carboxylic acids is 2. The zero-order chi connectivity index (χ0) is 20.0. The lowest BCUT2D eigenvalue weighted by molar-refractivity contribution is -0.157. The number of ether oxygens (including phenoxy) is 1. The first kappa shape index (κ1) is 20.9. The van der Waals surface area contributed by atoms with Crippen molar-refractivity contribution >= 4 is 29.6 Å². The normalized spacial score (nSPS) is 17.1. The Morgan fingerprint density at radius 3 is 2.63 bits per heavy atom. The summed E-state index contributed by atoms with van der Waals surface area (Å²) >= 11 is 5.69. The van der Waals surface area contributed by atoms with Crippen LogP contribution in [0.5, 0.6) is 0 Å². The van der Waals surface area contributed by atoms with Crippen LogP contribution in [0.15, 0.2) is 24.3 Å². The van der Waals surface area contributed by atoms with Gasteiger partial charge < -0.3 is 9.64 Å². The Hall–Kier alpha value is -2.39. The molecule has 144 valence electrons. The van der Waals surface area contributed by atoms with Gasteiger partial charge in [-0.15, -0.1) is 0 Å². The van der Waals surface area contributed by atoms with Gasteiger partial charge in [0.05, 0.1) is 11.1 Å². The first-order valence-electron chi connectivity index (χ1n) is 8.82. The molecule has 1 amide bonds. The Morgan fingerprint density at radius 2 is 2.04 bits per heavy atom. The monoisotopic (exact) mass is 392 g/mol. The lowest BCUT2D eigenvalue weighted by Gasteiger charge is -2.39. The van der Waals surface area contributed by atoms with E-state index in [1.165, 1.54) is 36.1 Å². The largest absolute Gasteiger partial charge is 0.449 e. The number of likely N-dealkylation sites (N-methyl/N-ethyl adjacent to an activating group) is 1. The smallest absolute Gasteiger partial charge is 0.331 e. The van der Waals surface area contributed by atoms with Crippen molar-refractivity contribution in [1.82, 2.24) is 4.90 Å². The van der Waals surface area contributed by atoms with Gasteiger partial charge in [0.2, 0.25) is 0 Å². The average Bonchev–Trinajstić information content (AvgIpc) is 2.68. The van der Waals surface area contributed by atoms with E-state index < -0.39 is 29.3 Å². The summed E-state index contributed by atoms with van der Waals surface area (Å²) in [6.45, 7) is 1.48. The summed E-state index contributed by atoms with van der Waals surface area (Å²) < 4.78 is 18.3.